The van der Waals surface area contributed by atoms with Crippen LogP contribution in [0.5, 0.6) is 0 Å². The Bertz CT molecular complexity index is 899. The van der Waals surface area contributed by atoms with Gasteiger partial charge in [0.05, 0.1) is 33.0 Å². The van der Waals surface area contributed by atoms with Crippen molar-refractivity contribution < 1.29 is 94.1 Å². The summed E-state index contributed by atoms with van der Waals surface area (Å²) in [5.41, 5.74) is 0. The summed E-state index contributed by atoms with van der Waals surface area (Å²) in [5.74, 6) is 0. The largest absolute Gasteiger partial charge is 0.394 e. The lowest BCUT2D eigenvalue weighted by Crippen LogP contribution is -2.65. The van der Waals surface area contributed by atoms with E-state index in [2.05, 4.69) is 0 Å². The van der Waals surface area contributed by atoms with E-state index in [9.17, 15) is 56.2 Å². The predicted octanol–water partition coefficient (Wildman–Crippen LogP) is -8.02. The van der Waals surface area contributed by atoms with E-state index in [-0.39, 0.29) is 13.2 Å². The molecule has 0 aromatic heterocycles. The molecule has 19 atom stereocenters. The number of fused-ring (bicyclic) bond motifs is 2. The smallest absolute Gasteiger partial charge is 0.187 e. The summed E-state index contributed by atoms with van der Waals surface area (Å²) in [6.45, 7) is -2.52. The van der Waals surface area contributed by atoms with Crippen molar-refractivity contribution in [3.63, 3.8) is 0 Å². The molecule has 11 N–H and O–H groups in total. The molecular formula is C24H40O19. The summed E-state index contributed by atoms with van der Waals surface area (Å²) in [7, 11) is 0. The van der Waals surface area contributed by atoms with E-state index in [4.69, 9.17) is 37.9 Å². The minimum atomic E-state index is -1.80. The van der Waals surface area contributed by atoms with Crippen LogP contribution in [0.3, 0.4) is 0 Å². The highest BCUT2D eigenvalue weighted by molar-refractivity contribution is 5.00. The highest BCUT2D eigenvalue weighted by Gasteiger charge is 2.57. The van der Waals surface area contributed by atoms with Gasteiger partial charge in [0.1, 0.15) is 97.7 Å². The van der Waals surface area contributed by atoms with Crippen LogP contribution < -0.4 is 0 Å². The van der Waals surface area contributed by atoms with Crippen LogP contribution in [0.25, 0.3) is 0 Å². The highest BCUT2D eigenvalue weighted by atomic mass is 16.8. The van der Waals surface area contributed by atoms with Gasteiger partial charge in [-0.3, -0.25) is 0 Å². The number of ether oxygens (including phenoxy) is 8. The Balaban J connectivity index is 1.26. The molecule has 0 amide bonds. The Hall–Kier alpha value is -0.760. The zero-order valence-corrected chi connectivity index (χ0v) is 22.7. The first-order valence-electron chi connectivity index (χ1n) is 13.9. The van der Waals surface area contributed by atoms with E-state index < -0.39 is 136 Å². The fourth-order valence-electron chi connectivity index (χ4n) is 5.89. The topological polar surface area (TPSA) is 296 Å². The van der Waals surface area contributed by atoms with E-state index in [1.165, 1.54) is 0 Å². The van der Waals surface area contributed by atoms with Gasteiger partial charge in [-0.1, -0.05) is 0 Å². The molecule has 19 nitrogen and oxygen atoms in total. The van der Waals surface area contributed by atoms with Crippen molar-refractivity contribution in [3.05, 3.63) is 0 Å². The standard InChI is InChI=1S/C24H40O19/c25-1-6(28)17-18(7(29)4-36-17)41-23-15(34)20(12(31)9(3-27)39-23)43-24-16(35)21-19(10(40-24)5-37-21)42-22-14(33)13(32)11(30)8(2-26)38-22/h6-35H,1-5H2/t6-,7+,8+,9+,10-,11-,12-,13-,14+,15+,16-,17+,18-,19+,20-,21-,22-,23-,24-/m0/s1. The van der Waals surface area contributed by atoms with Crippen molar-refractivity contribution in [1.82, 2.24) is 0 Å². The van der Waals surface area contributed by atoms with Gasteiger partial charge in [-0.15, -0.1) is 0 Å². The lowest BCUT2D eigenvalue weighted by molar-refractivity contribution is -0.367. The van der Waals surface area contributed by atoms with Gasteiger partial charge in [-0.2, -0.15) is 0 Å². The van der Waals surface area contributed by atoms with E-state index in [1.807, 2.05) is 0 Å². The van der Waals surface area contributed by atoms with Gasteiger partial charge in [0.2, 0.25) is 0 Å². The second kappa shape index (κ2) is 13.9. The van der Waals surface area contributed by atoms with E-state index in [1.54, 1.807) is 0 Å². The average molecular weight is 633 g/mol. The molecule has 5 aliphatic rings. The van der Waals surface area contributed by atoms with Crippen LogP contribution in [-0.2, 0) is 37.9 Å². The van der Waals surface area contributed by atoms with E-state index >= 15 is 0 Å². The van der Waals surface area contributed by atoms with Crippen LogP contribution in [0.4, 0.5) is 0 Å². The number of aliphatic hydroxyl groups excluding tert-OH is 11. The van der Waals surface area contributed by atoms with Crippen LogP contribution in [0.1, 0.15) is 0 Å². The third-order valence-electron chi connectivity index (χ3n) is 8.34. The molecule has 5 aliphatic heterocycles. The third kappa shape index (κ3) is 6.45. The molecule has 43 heavy (non-hydrogen) atoms. The van der Waals surface area contributed by atoms with Crippen molar-refractivity contribution in [2.75, 3.05) is 33.0 Å². The fourth-order valence-corrected chi connectivity index (χ4v) is 5.89. The molecule has 0 spiro atoms. The van der Waals surface area contributed by atoms with Gasteiger partial charge in [0.15, 0.2) is 18.9 Å². The fraction of sp³-hybridized carbons (Fsp3) is 1.00. The first kappa shape index (κ1) is 33.6. The second-order valence-electron chi connectivity index (χ2n) is 11.2. The number of aliphatic hydroxyl groups is 11. The monoisotopic (exact) mass is 632 g/mol. The Morgan fingerprint density at radius 2 is 1.16 bits per heavy atom. The van der Waals surface area contributed by atoms with Gasteiger partial charge in [0.25, 0.3) is 0 Å². The SMILES string of the molecule is OC[C@H](O)[C@H]1OC[C@@H](O)[C@@H]1O[C@@H]1O[C@H](CO)[C@H](O)[C@H](O[C@@H]2O[C@H]3CO[C@@H]([C@@H]2O)[C@@H]3O[C@@H]2O[C@H](CO)[C@H](O)[C@H](O)[C@H]2O)[C@H]1O. The molecule has 5 heterocycles. The number of hydrogen-bond donors (Lipinski definition) is 11. The first-order valence-corrected chi connectivity index (χ1v) is 13.9. The highest BCUT2D eigenvalue weighted by Crippen LogP contribution is 2.37. The molecule has 5 rings (SSSR count). The molecule has 0 aliphatic carbocycles. The lowest BCUT2D eigenvalue weighted by Gasteiger charge is -2.46. The van der Waals surface area contributed by atoms with Crippen molar-refractivity contribution in [3.8, 4) is 0 Å². The Morgan fingerprint density at radius 1 is 0.581 bits per heavy atom. The summed E-state index contributed by atoms with van der Waals surface area (Å²) < 4.78 is 44.7. The Kier molecular flexibility index (Phi) is 10.9. The van der Waals surface area contributed by atoms with Crippen molar-refractivity contribution in [2.45, 2.75) is 117 Å². The van der Waals surface area contributed by atoms with Gasteiger partial charge < -0.3 is 94.1 Å². The average Bonchev–Trinajstić information content (AvgIpc) is 3.52. The van der Waals surface area contributed by atoms with E-state index in [0.29, 0.717) is 0 Å². The zero-order chi connectivity index (χ0) is 31.2. The van der Waals surface area contributed by atoms with Crippen LogP contribution in [0, 0.1) is 0 Å². The molecule has 0 aromatic carbocycles. The van der Waals surface area contributed by atoms with Gasteiger partial charge in [0, 0.05) is 0 Å². The maximum Gasteiger partial charge on any atom is 0.187 e. The van der Waals surface area contributed by atoms with Crippen LogP contribution >= 0.6 is 0 Å². The Morgan fingerprint density at radius 3 is 1.81 bits per heavy atom. The number of hydrogen-bond acceptors (Lipinski definition) is 19. The maximum absolute atomic E-state index is 11.0. The molecular weight excluding hydrogens is 592 g/mol. The molecule has 0 unspecified atom stereocenters. The molecule has 2 bridgehead atoms. The zero-order valence-electron chi connectivity index (χ0n) is 22.7. The van der Waals surface area contributed by atoms with Crippen LogP contribution in [0.15, 0.2) is 0 Å². The molecule has 5 fully saturated rings. The third-order valence-corrected chi connectivity index (χ3v) is 8.34. The van der Waals surface area contributed by atoms with Gasteiger partial charge >= 0.3 is 0 Å². The maximum atomic E-state index is 11.0. The Labute approximate surface area is 244 Å². The molecule has 19 heteroatoms. The van der Waals surface area contributed by atoms with E-state index in [0.717, 1.165) is 0 Å². The predicted molar refractivity (Wildman–Crippen MR) is 129 cm³/mol. The second-order valence-corrected chi connectivity index (χ2v) is 11.2. The summed E-state index contributed by atoms with van der Waals surface area (Å²) in [5, 5.41) is 112. The normalized spacial score (nSPS) is 52.8. The minimum Gasteiger partial charge on any atom is -0.394 e. The van der Waals surface area contributed by atoms with Crippen molar-refractivity contribution in [1.29, 1.82) is 0 Å². The lowest BCUT2D eigenvalue weighted by atomic mass is 9.97. The molecule has 0 radical (unpaired) electrons. The molecule has 0 aromatic rings. The summed E-state index contributed by atoms with van der Waals surface area (Å²) in [4.78, 5) is 0. The first-order chi connectivity index (χ1) is 20.5. The number of rotatable bonds is 10. The van der Waals surface area contributed by atoms with Crippen molar-refractivity contribution >= 4 is 0 Å². The van der Waals surface area contributed by atoms with Crippen molar-refractivity contribution in [2.24, 2.45) is 0 Å². The summed E-state index contributed by atoms with van der Waals surface area (Å²) in [6.07, 6.45) is -27.4. The van der Waals surface area contributed by atoms with Crippen LogP contribution in [0.2, 0.25) is 0 Å². The molecule has 250 valence electrons. The molecule has 0 saturated carbocycles. The van der Waals surface area contributed by atoms with Gasteiger partial charge in [-0.05, 0) is 0 Å². The minimum absolute atomic E-state index is 0.123. The summed E-state index contributed by atoms with van der Waals surface area (Å²) >= 11 is 0. The van der Waals surface area contributed by atoms with Crippen LogP contribution in [-0.4, -0.2) is 206 Å². The quantitative estimate of drug-likeness (QED) is 0.107. The van der Waals surface area contributed by atoms with Gasteiger partial charge in [-0.25, -0.2) is 0 Å². The summed E-state index contributed by atoms with van der Waals surface area (Å²) in [6, 6.07) is 0. The molecule has 5 saturated heterocycles.